The van der Waals surface area contributed by atoms with Gasteiger partial charge in [0.1, 0.15) is 48.0 Å². The summed E-state index contributed by atoms with van der Waals surface area (Å²) in [7, 11) is 1.57. The van der Waals surface area contributed by atoms with Gasteiger partial charge in [0, 0.05) is 44.2 Å². The highest BCUT2D eigenvalue weighted by Gasteiger charge is 2.41. The number of aromatic nitrogens is 2. The number of carbonyl (C=O) groups excluding carboxylic acids is 7. The Bertz CT molecular complexity index is 2290. The number of carboxylic acid groups (broad SMARTS) is 1. The second-order valence-corrected chi connectivity index (χ2v) is 18.1. The number of H-pyrrole nitrogens is 1. The van der Waals surface area contributed by atoms with Crippen molar-refractivity contribution in [3.8, 4) is 5.75 Å². The van der Waals surface area contributed by atoms with Crippen molar-refractivity contribution in [2.24, 2.45) is 28.3 Å². The normalized spacial score (nSPS) is 15.8. The van der Waals surface area contributed by atoms with Crippen LogP contribution in [0.2, 0.25) is 0 Å². The number of aromatic hydroxyl groups is 1. The van der Waals surface area contributed by atoms with E-state index in [2.05, 4.69) is 52.2 Å². The van der Waals surface area contributed by atoms with Gasteiger partial charge in [0.15, 0.2) is 5.96 Å². The van der Waals surface area contributed by atoms with Gasteiger partial charge in [-0.25, -0.2) is 9.78 Å². The average molecular weight is 988 g/mol. The number of nitrogens with two attached hydrogens (primary N) is 2. The van der Waals surface area contributed by atoms with E-state index in [-0.39, 0.29) is 63.4 Å². The lowest BCUT2D eigenvalue weighted by Crippen LogP contribution is -2.61. The fourth-order valence-corrected chi connectivity index (χ4v) is 7.99. The fraction of sp³-hybridized carbons (Fsp3) is 0.500. The molecule has 7 amide bonds. The molecular formula is C48H69N13O10. The summed E-state index contributed by atoms with van der Waals surface area (Å²) in [6.45, 7) is 6.95. The molecule has 4 rings (SSSR count). The fourth-order valence-electron chi connectivity index (χ4n) is 7.99. The molecule has 0 saturated carbocycles. The van der Waals surface area contributed by atoms with E-state index in [0.29, 0.717) is 29.7 Å². The summed E-state index contributed by atoms with van der Waals surface area (Å²) in [6, 6.07) is 6.19. The number of likely N-dealkylation sites (tertiary alicyclic amines) is 1. The van der Waals surface area contributed by atoms with Crippen LogP contribution in [0.3, 0.4) is 0 Å². The second-order valence-electron chi connectivity index (χ2n) is 18.1. The number of rotatable bonds is 27. The number of phenols is 1. The van der Waals surface area contributed by atoms with Gasteiger partial charge in [-0.2, -0.15) is 0 Å². The highest BCUT2D eigenvalue weighted by atomic mass is 16.4. The third-order valence-electron chi connectivity index (χ3n) is 11.8. The molecule has 3 aromatic rings. The highest BCUT2D eigenvalue weighted by Crippen LogP contribution is 2.21. The quantitative estimate of drug-likeness (QED) is 0.0241. The van der Waals surface area contributed by atoms with E-state index < -0.39 is 101 Å². The summed E-state index contributed by atoms with van der Waals surface area (Å²) in [6.07, 6.45) is 3.79. The van der Waals surface area contributed by atoms with Gasteiger partial charge < -0.3 is 68.8 Å². The summed E-state index contributed by atoms with van der Waals surface area (Å²) >= 11 is 0. The van der Waals surface area contributed by atoms with Crippen LogP contribution in [0.1, 0.15) is 70.2 Å². The number of aromatic amines is 1. The summed E-state index contributed by atoms with van der Waals surface area (Å²) in [4.78, 5) is 122. The number of benzene rings is 2. The molecule has 14 N–H and O–H groups in total. The van der Waals surface area contributed by atoms with E-state index in [1.165, 1.54) is 29.6 Å². The van der Waals surface area contributed by atoms with E-state index in [9.17, 15) is 48.6 Å². The number of likely N-dealkylation sites (N-methyl/N-ethyl adjacent to an activating group) is 1. The van der Waals surface area contributed by atoms with Gasteiger partial charge in [-0.05, 0) is 67.8 Å². The average Bonchev–Trinajstić information content (AvgIpc) is 4.04. The van der Waals surface area contributed by atoms with Crippen molar-refractivity contribution in [3.63, 3.8) is 0 Å². The third-order valence-corrected chi connectivity index (χ3v) is 11.8. The van der Waals surface area contributed by atoms with Gasteiger partial charge in [-0.1, -0.05) is 70.2 Å². The van der Waals surface area contributed by atoms with Gasteiger partial charge >= 0.3 is 5.97 Å². The molecule has 23 heteroatoms. The van der Waals surface area contributed by atoms with Crippen molar-refractivity contribution in [2.75, 3.05) is 26.7 Å². The Kier molecular flexibility index (Phi) is 21.8. The number of aliphatic imine (C=N–C) groups is 1. The van der Waals surface area contributed by atoms with Gasteiger partial charge in [0.05, 0.1) is 12.9 Å². The lowest BCUT2D eigenvalue weighted by Gasteiger charge is -2.31. The van der Waals surface area contributed by atoms with Crippen molar-refractivity contribution < 1.29 is 48.6 Å². The number of imidazole rings is 1. The molecule has 23 nitrogen and oxygen atoms in total. The number of nitrogens with zero attached hydrogens (tertiary/aromatic N) is 3. The molecule has 0 spiro atoms. The van der Waals surface area contributed by atoms with E-state index in [4.69, 9.17) is 11.5 Å². The van der Waals surface area contributed by atoms with Crippen molar-refractivity contribution >= 4 is 53.3 Å². The van der Waals surface area contributed by atoms with E-state index in [1.807, 2.05) is 0 Å². The predicted molar refractivity (Wildman–Crippen MR) is 262 cm³/mol. The molecule has 1 saturated heterocycles. The molecule has 0 aliphatic carbocycles. The first-order valence-electron chi connectivity index (χ1n) is 23.6. The van der Waals surface area contributed by atoms with Crippen LogP contribution in [0.15, 0.2) is 72.1 Å². The molecule has 0 radical (unpaired) electrons. The monoisotopic (exact) mass is 988 g/mol. The molecule has 2 heterocycles. The van der Waals surface area contributed by atoms with Crippen molar-refractivity contribution in [3.05, 3.63) is 83.9 Å². The van der Waals surface area contributed by atoms with Gasteiger partial charge in [-0.3, -0.25) is 38.6 Å². The summed E-state index contributed by atoms with van der Waals surface area (Å²) < 4.78 is 0. The molecule has 2 aromatic carbocycles. The van der Waals surface area contributed by atoms with Crippen LogP contribution in [0.5, 0.6) is 5.75 Å². The van der Waals surface area contributed by atoms with Crippen LogP contribution >= 0.6 is 0 Å². The minimum atomic E-state index is -1.35. The van der Waals surface area contributed by atoms with Gasteiger partial charge in [-0.15, -0.1) is 0 Å². The molecule has 1 aliphatic heterocycles. The topological polar surface area (TPSA) is 358 Å². The Labute approximate surface area is 412 Å². The number of carbonyl (C=O) groups is 8. The Morgan fingerprint density at radius 3 is 1.90 bits per heavy atom. The minimum absolute atomic E-state index is 0.0140. The van der Waals surface area contributed by atoms with Crippen molar-refractivity contribution in [2.45, 2.75) is 115 Å². The largest absolute Gasteiger partial charge is 0.508 e. The molecule has 1 aromatic heterocycles. The lowest BCUT2D eigenvalue weighted by molar-refractivity contribution is -0.145. The molecule has 71 heavy (non-hydrogen) atoms. The van der Waals surface area contributed by atoms with Crippen LogP contribution in [0, 0.1) is 11.8 Å². The number of aliphatic carboxylic acids is 1. The first-order chi connectivity index (χ1) is 33.8. The van der Waals surface area contributed by atoms with Crippen molar-refractivity contribution in [1.82, 2.24) is 52.1 Å². The summed E-state index contributed by atoms with van der Waals surface area (Å²) in [5, 5.41) is 38.9. The maximum Gasteiger partial charge on any atom is 0.326 e. The number of hydrogen-bond acceptors (Lipinski definition) is 12. The number of amides is 7. The Hall–Kier alpha value is -7.56. The zero-order valence-electron chi connectivity index (χ0n) is 40.8. The third kappa shape index (κ3) is 17.7. The van der Waals surface area contributed by atoms with Crippen LogP contribution in [-0.4, -0.2) is 147 Å². The number of nitrogens with one attached hydrogen (secondary N) is 8. The number of guanidine groups is 1. The zero-order chi connectivity index (χ0) is 52.2. The predicted octanol–water partition coefficient (Wildman–Crippen LogP) is -1.29. The SMILES string of the molecule is CNCC(=O)N[C@@H](CCCN=C(N)N)C(=O)N[C@H](C(=O)N[C@@H](Cc1ccc(O)cc1)C(=O)N[C@H](C(=O)N[C@@H](Cc1cnc[nH]1)C(=O)N1CCC[C@H]1C(=O)N[C@@H](Cc1ccccc1)C(=O)O)C(C)C)C(C)C. The molecule has 0 bridgehead atoms. The standard InChI is InChI=1S/C48H69N13O10/c1-27(2)39(59-41(64)33(55-38(63)25-51-5)13-9-19-53-48(49)50)44(67)56-34(21-30-15-17-32(62)18-16-30)42(65)60-40(28(3)4)45(68)57-35(23-31-24-52-26-54-31)46(69)61-20-10-14-37(61)43(66)58-36(47(70)71)22-29-11-7-6-8-12-29/h6-8,11-12,15-18,24,26-28,33-37,39-40,51,62H,9-10,13-14,19-23,25H2,1-5H3,(H,52,54)(H,55,63)(H,56,67)(H,57,68)(H,58,66)(H,59,64)(H,60,65)(H,70,71)(H4,49,50,53)/t33-,34-,35-,36-,37-,39-,40-/m0/s1. The molecule has 1 aliphatic rings. The smallest absolute Gasteiger partial charge is 0.326 e. The van der Waals surface area contributed by atoms with E-state index in [1.54, 1.807) is 77.2 Å². The van der Waals surface area contributed by atoms with Gasteiger partial charge in [0.2, 0.25) is 41.4 Å². The highest BCUT2D eigenvalue weighted by molar-refractivity contribution is 5.98. The first-order valence-corrected chi connectivity index (χ1v) is 23.6. The summed E-state index contributed by atoms with van der Waals surface area (Å²) in [5.41, 5.74) is 12.6. The minimum Gasteiger partial charge on any atom is -0.508 e. The summed E-state index contributed by atoms with van der Waals surface area (Å²) in [5.74, 6) is -7.25. The number of hydrogen-bond donors (Lipinski definition) is 12. The Morgan fingerprint density at radius 2 is 1.34 bits per heavy atom. The second kappa shape index (κ2) is 27.6. The molecule has 386 valence electrons. The number of phenolic OH excluding ortho intramolecular Hbond substituents is 1. The van der Waals surface area contributed by atoms with Crippen LogP contribution in [0.25, 0.3) is 0 Å². The molecule has 0 unspecified atom stereocenters. The Balaban J connectivity index is 1.56. The van der Waals surface area contributed by atoms with Gasteiger partial charge in [0.25, 0.3) is 0 Å². The first kappa shape index (κ1) is 56.0. The van der Waals surface area contributed by atoms with Crippen molar-refractivity contribution in [1.29, 1.82) is 0 Å². The molecule has 1 fully saturated rings. The number of carboxylic acids is 1. The van der Waals surface area contributed by atoms with Crippen LogP contribution in [0.4, 0.5) is 0 Å². The maximum absolute atomic E-state index is 14.5. The van der Waals surface area contributed by atoms with E-state index >= 15 is 0 Å². The maximum atomic E-state index is 14.5. The van der Waals surface area contributed by atoms with E-state index in [0.717, 1.165) is 0 Å². The lowest BCUT2D eigenvalue weighted by atomic mass is 9.98. The molecule has 7 atom stereocenters. The van der Waals surface area contributed by atoms with Crippen LogP contribution < -0.4 is 48.7 Å². The zero-order valence-corrected chi connectivity index (χ0v) is 40.8. The molecular weight excluding hydrogens is 919 g/mol. The Morgan fingerprint density at radius 1 is 0.746 bits per heavy atom. The van der Waals surface area contributed by atoms with Crippen LogP contribution in [-0.2, 0) is 57.6 Å².